The fourth-order valence-corrected chi connectivity index (χ4v) is 3.57. The summed E-state index contributed by atoms with van der Waals surface area (Å²) in [5, 5.41) is 4.96. The summed E-state index contributed by atoms with van der Waals surface area (Å²) in [5.41, 5.74) is 1.20. The number of rotatable bonds is 4. The maximum Gasteiger partial charge on any atom is 0.107 e. The molecule has 0 spiro atoms. The van der Waals surface area contributed by atoms with Crippen molar-refractivity contribution in [1.82, 2.24) is 15.2 Å². The maximum atomic E-state index is 4.69. The van der Waals surface area contributed by atoms with Gasteiger partial charge in [0.15, 0.2) is 0 Å². The summed E-state index contributed by atoms with van der Waals surface area (Å²) in [6.45, 7) is 14.5. The number of aromatic nitrogens is 1. The van der Waals surface area contributed by atoms with E-state index in [-0.39, 0.29) is 0 Å². The number of hydrogen-bond donors (Lipinski definition) is 1. The van der Waals surface area contributed by atoms with Crippen LogP contribution in [-0.2, 0) is 6.54 Å². The molecule has 19 heavy (non-hydrogen) atoms. The highest BCUT2D eigenvalue weighted by Gasteiger charge is 2.28. The first kappa shape index (κ1) is 14.9. The van der Waals surface area contributed by atoms with Gasteiger partial charge in [0.2, 0.25) is 0 Å². The van der Waals surface area contributed by atoms with Crippen LogP contribution in [0.4, 0.5) is 0 Å². The van der Waals surface area contributed by atoms with Gasteiger partial charge in [-0.1, -0.05) is 20.3 Å². The quantitative estimate of drug-likeness (QED) is 0.919. The molecule has 1 aromatic rings. The lowest BCUT2D eigenvalue weighted by Gasteiger charge is -2.40. The van der Waals surface area contributed by atoms with Gasteiger partial charge < -0.3 is 5.32 Å². The minimum absolute atomic E-state index is 0.602. The Kier molecular flexibility index (Phi) is 4.98. The van der Waals surface area contributed by atoms with E-state index < -0.39 is 0 Å². The Morgan fingerprint density at radius 2 is 2.21 bits per heavy atom. The smallest absolute Gasteiger partial charge is 0.107 e. The molecule has 108 valence electrons. The summed E-state index contributed by atoms with van der Waals surface area (Å²) in [7, 11) is 0. The molecule has 1 aromatic heterocycles. The Bertz CT molecular complexity index is 396. The first-order chi connectivity index (χ1) is 9.01. The van der Waals surface area contributed by atoms with Crippen LogP contribution in [-0.4, -0.2) is 35.1 Å². The highest BCUT2D eigenvalue weighted by atomic mass is 32.1. The van der Waals surface area contributed by atoms with E-state index in [1.807, 2.05) is 11.3 Å². The molecule has 0 aromatic carbocycles. The van der Waals surface area contributed by atoms with E-state index in [4.69, 9.17) is 0 Å². The lowest BCUT2D eigenvalue weighted by Crippen LogP contribution is -2.56. The van der Waals surface area contributed by atoms with Crippen molar-refractivity contribution in [3.05, 3.63) is 15.6 Å². The number of nitrogens with zero attached hydrogens (tertiary/aromatic N) is 2. The lowest BCUT2D eigenvalue weighted by atomic mass is 9.96. The van der Waals surface area contributed by atoms with Gasteiger partial charge in [-0.3, -0.25) is 4.90 Å². The van der Waals surface area contributed by atoms with Crippen molar-refractivity contribution >= 4 is 11.3 Å². The molecule has 3 atom stereocenters. The molecule has 0 saturated carbocycles. The summed E-state index contributed by atoms with van der Waals surface area (Å²) >= 11 is 1.85. The average Bonchev–Trinajstić information content (AvgIpc) is 2.70. The van der Waals surface area contributed by atoms with E-state index in [1.54, 1.807) is 0 Å². The van der Waals surface area contributed by atoms with Crippen molar-refractivity contribution < 1.29 is 0 Å². The molecule has 0 radical (unpaired) electrons. The van der Waals surface area contributed by atoms with Crippen molar-refractivity contribution in [2.45, 2.75) is 59.7 Å². The van der Waals surface area contributed by atoms with Crippen LogP contribution < -0.4 is 5.32 Å². The molecule has 1 N–H and O–H groups in total. The third kappa shape index (κ3) is 3.56. The molecule has 1 fully saturated rings. The number of thiazole rings is 1. The topological polar surface area (TPSA) is 28.2 Å². The van der Waals surface area contributed by atoms with Gasteiger partial charge in [-0.25, -0.2) is 4.98 Å². The van der Waals surface area contributed by atoms with Crippen LogP contribution in [0.5, 0.6) is 0 Å². The molecule has 3 nitrogen and oxygen atoms in total. The number of aryl methyl sites for hydroxylation is 2. The molecule has 2 rings (SSSR count). The zero-order valence-corrected chi connectivity index (χ0v) is 13.7. The van der Waals surface area contributed by atoms with E-state index in [0.717, 1.165) is 25.6 Å². The van der Waals surface area contributed by atoms with Gasteiger partial charge in [-0.05, 0) is 26.7 Å². The predicted molar refractivity (Wildman–Crippen MR) is 82.7 cm³/mol. The van der Waals surface area contributed by atoms with Gasteiger partial charge in [0.25, 0.3) is 0 Å². The summed E-state index contributed by atoms with van der Waals surface area (Å²) in [4.78, 5) is 8.63. The average molecular weight is 281 g/mol. The Balaban J connectivity index is 2.01. The molecular weight excluding hydrogens is 254 g/mol. The summed E-state index contributed by atoms with van der Waals surface area (Å²) < 4.78 is 0. The molecule has 1 aliphatic heterocycles. The third-order valence-corrected chi connectivity index (χ3v) is 5.53. The number of nitrogens with one attached hydrogen (secondary N) is 1. The van der Waals surface area contributed by atoms with Crippen molar-refractivity contribution in [1.29, 1.82) is 0 Å². The van der Waals surface area contributed by atoms with Gasteiger partial charge in [0.05, 0.1) is 12.2 Å². The minimum Gasteiger partial charge on any atom is -0.311 e. The Labute approximate surface area is 121 Å². The SMILES string of the molecule is CCC(C)C1CN(Cc2nc(C)c(C)s2)C(C)CN1. The van der Waals surface area contributed by atoms with Gasteiger partial charge in [-0.15, -0.1) is 11.3 Å². The Morgan fingerprint density at radius 3 is 2.79 bits per heavy atom. The fourth-order valence-electron chi connectivity index (χ4n) is 2.61. The fraction of sp³-hybridized carbons (Fsp3) is 0.800. The van der Waals surface area contributed by atoms with Crippen LogP contribution >= 0.6 is 11.3 Å². The van der Waals surface area contributed by atoms with E-state index in [9.17, 15) is 0 Å². The van der Waals surface area contributed by atoms with E-state index in [0.29, 0.717) is 12.1 Å². The first-order valence-corrected chi connectivity index (χ1v) is 8.23. The second-order valence-corrected chi connectivity index (χ2v) is 7.22. The minimum atomic E-state index is 0.602. The number of piperazine rings is 1. The van der Waals surface area contributed by atoms with Crippen molar-refractivity contribution in [2.75, 3.05) is 13.1 Å². The van der Waals surface area contributed by atoms with E-state index in [1.165, 1.54) is 22.0 Å². The zero-order valence-electron chi connectivity index (χ0n) is 12.9. The van der Waals surface area contributed by atoms with Crippen LogP contribution in [0.1, 0.15) is 42.8 Å². The van der Waals surface area contributed by atoms with Gasteiger partial charge in [-0.2, -0.15) is 0 Å². The Morgan fingerprint density at radius 1 is 1.47 bits per heavy atom. The monoisotopic (exact) mass is 281 g/mol. The van der Waals surface area contributed by atoms with Crippen LogP contribution in [0, 0.1) is 19.8 Å². The molecule has 1 saturated heterocycles. The van der Waals surface area contributed by atoms with Gasteiger partial charge >= 0.3 is 0 Å². The first-order valence-electron chi connectivity index (χ1n) is 7.41. The molecule has 0 amide bonds. The summed E-state index contributed by atoms with van der Waals surface area (Å²) in [6.07, 6.45) is 1.25. The summed E-state index contributed by atoms with van der Waals surface area (Å²) in [6, 6.07) is 1.23. The molecule has 0 bridgehead atoms. The van der Waals surface area contributed by atoms with Crippen LogP contribution in [0.25, 0.3) is 0 Å². The highest BCUT2D eigenvalue weighted by Crippen LogP contribution is 2.22. The van der Waals surface area contributed by atoms with Gasteiger partial charge in [0, 0.05) is 30.1 Å². The largest absolute Gasteiger partial charge is 0.311 e. The molecule has 0 aliphatic carbocycles. The van der Waals surface area contributed by atoms with E-state index >= 15 is 0 Å². The molecule has 2 heterocycles. The van der Waals surface area contributed by atoms with Gasteiger partial charge in [0.1, 0.15) is 5.01 Å². The highest BCUT2D eigenvalue weighted by molar-refractivity contribution is 7.11. The van der Waals surface area contributed by atoms with Crippen molar-refractivity contribution in [3.8, 4) is 0 Å². The van der Waals surface area contributed by atoms with Crippen molar-refractivity contribution in [3.63, 3.8) is 0 Å². The second-order valence-electron chi connectivity index (χ2n) is 5.93. The molecule has 3 unspecified atom stereocenters. The normalized spacial score (nSPS) is 26.6. The van der Waals surface area contributed by atoms with Crippen LogP contribution in [0.2, 0.25) is 0 Å². The second kappa shape index (κ2) is 6.33. The molecular formula is C15H27N3S. The third-order valence-electron chi connectivity index (χ3n) is 4.47. The van der Waals surface area contributed by atoms with E-state index in [2.05, 4.69) is 49.8 Å². The predicted octanol–water partition coefficient (Wildman–Crippen LogP) is 2.97. The van der Waals surface area contributed by atoms with Crippen LogP contribution in [0.15, 0.2) is 0 Å². The number of hydrogen-bond acceptors (Lipinski definition) is 4. The van der Waals surface area contributed by atoms with Crippen LogP contribution in [0.3, 0.4) is 0 Å². The maximum absolute atomic E-state index is 4.69. The van der Waals surface area contributed by atoms with Crippen molar-refractivity contribution in [2.24, 2.45) is 5.92 Å². The Hall–Kier alpha value is -0.450. The lowest BCUT2D eigenvalue weighted by molar-refractivity contribution is 0.111. The zero-order chi connectivity index (χ0) is 14.0. The standard InChI is InChI=1S/C15H27N3S/c1-6-10(2)14-8-18(11(3)7-16-14)9-15-17-12(4)13(5)19-15/h10-11,14,16H,6-9H2,1-5H3. The molecule has 1 aliphatic rings. The summed E-state index contributed by atoms with van der Waals surface area (Å²) in [5.74, 6) is 0.745. The molecule has 4 heteroatoms.